The molecule has 0 aliphatic carbocycles. The van der Waals surface area contributed by atoms with Gasteiger partial charge in [-0.2, -0.15) is 0 Å². The molecule has 2 aliphatic heterocycles. The van der Waals surface area contributed by atoms with Gasteiger partial charge in [0.25, 0.3) is 5.91 Å². The van der Waals surface area contributed by atoms with Crippen LogP contribution in [0.5, 0.6) is 11.6 Å². The maximum Gasteiger partial charge on any atom is 0.272 e. The SMILES string of the molecule is COc1cccc(C(=O)N2CCC3(CCCCc4ccccc4OC[C@H](CC(C)C)NC3=O)CC2)n1. The predicted molar refractivity (Wildman–Crippen MR) is 139 cm³/mol. The summed E-state index contributed by atoms with van der Waals surface area (Å²) >= 11 is 0. The Morgan fingerprint density at radius 1 is 1.14 bits per heavy atom. The van der Waals surface area contributed by atoms with Crippen LogP contribution in [0.2, 0.25) is 0 Å². The van der Waals surface area contributed by atoms with Gasteiger partial charge < -0.3 is 19.7 Å². The van der Waals surface area contributed by atoms with Crippen LogP contribution in [-0.4, -0.2) is 54.5 Å². The van der Waals surface area contributed by atoms with Crippen LogP contribution in [0, 0.1) is 11.3 Å². The number of hydrogen-bond donors (Lipinski definition) is 1. The molecule has 2 aromatic rings. The van der Waals surface area contributed by atoms with Crippen molar-refractivity contribution < 1.29 is 19.1 Å². The smallest absolute Gasteiger partial charge is 0.272 e. The number of ether oxygens (including phenoxy) is 2. The zero-order valence-electron chi connectivity index (χ0n) is 21.8. The molecule has 1 fully saturated rings. The lowest BCUT2D eigenvalue weighted by molar-refractivity contribution is -0.135. The van der Waals surface area contributed by atoms with Crippen LogP contribution in [0.3, 0.4) is 0 Å². The summed E-state index contributed by atoms with van der Waals surface area (Å²) in [5.74, 6) is 1.78. The van der Waals surface area contributed by atoms with Crippen LogP contribution in [0.4, 0.5) is 0 Å². The van der Waals surface area contributed by atoms with Crippen molar-refractivity contribution in [1.29, 1.82) is 0 Å². The average Bonchev–Trinajstić information content (AvgIpc) is 2.89. The number of amides is 2. The number of fused-ring (bicyclic) bond motifs is 1. The molecule has 0 unspecified atom stereocenters. The van der Waals surface area contributed by atoms with Crippen molar-refractivity contribution in [3.8, 4) is 11.6 Å². The molecule has 1 aromatic heterocycles. The van der Waals surface area contributed by atoms with Gasteiger partial charge in [-0.05, 0) is 62.1 Å². The van der Waals surface area contributed by atoms with E-state index in [9.17, 15) is 9.59 Å². The Bertz CT molecular complexity index is 1050. The minimum atomic E-state index is -0.466. The van der Waals surface area contributed by atoms with E-state index in [0.29, 0.717) is 50.0 Å². The number of likely N-dealkylation sites (tertiary alicyclic amines) is 1. The van der Waals surface area contributed by atoms with Crippen LogP contribution in [0.15, 0.2) is 42.5 Å². The second-order valence-corrected chi connectivity index (χ2v) is 10.6. The molecular formula is C29H39N3O4. The Morgan fingerprint density at radius 2 is 1.92 bits per heavy atom. The number of aromatic nitrogens is 1. The summed E-state index contributed by atoms with van der Waals surface area (Å²) in [6.45, 7) is 5.88. The number of aryl methyl sites for hydroxylation is 1. The van der Waals surface area contributed by atoms with E-state index in [4.69, 9.17) is 9.47 Å². The van der Waals surface area contributed by atoms with E-state index in [2.05, 4.69) is 36.3 Å². The highest BCUT2D eigenvalue weighted by atomic mass is 16.5. The summed E-state index contributed by atoms with van der Waals surface area (Å²) in [4.78, 5) is 33.0. The summed E-state index contributed by atoms with van der Waals surface area (Å²) in [5, 5.41) is 3.35. The zero-order valence-corrected chi connectivity index (χ0v) is 21.8. The molecule has 4 rings (SSSR count). The van der Waals surface area contributed by atoms with Crippen LogP contribution >= 0.6 is 0 Å². The second-order valence-electron chi connectivity index (χ2n) is 10.6. The molecule has 194 valence electrons. The zero-order chi connectivity index (χ0) is 25.5. The average molecular weight is 494 g/mol. The third-order valence-electron chi connectivity index (χ3n) is 7.50. The molecule has 3 heterocycles. The number of pyridine rings is 1. The van der Waals surface area contributed by atoms with E-state index in [1.807, 2.05) is 17.0 Å². The first kappa shape index (κ1) is 26.0. The molecule has 36 heavy (non-hydrogen) atoms. The number of para-hydroxylation sites is 1. The number of benzene rings is 1. The van der Waals surface area contributed by atoms with Gasteiger partial charge in [0.05, 0.1) is 18.6 Å². The van der Waals surface area contributed by atoms with Crippen LogP contribution in [0.25, 0.3) is 0 Å². The topological polar surface area (TPSA) is 80.8 Å². The first-order valence-electron chi connectivity index (χ1n) is 13.2. The molecule has 0 bridgehead atoms. The lowest BCUT2D eigenvalue weighted by atomic mass is 9.73. The number of piperidine rings is 1. The normalized spacial score (nSPS) is 20.5. The van der Waals surface area contributed by atoms with Crippen molar-refractivity contribution in [2.45, 2.75) is 64.8 Å². The molecule has 2 amide bonds. The van der Waals surface area contributed by atoms with Gasteiger partial charge in [-0.15, -0.1) is 0 Å². The van der Waals surface area contributed by atoms with Crippen molar-refractivity contribution in [3.05, 3.63) is 53.7 Å². The predicted octanol–water partition coefficient (Wildman–Crippen LogP) is 4.65. The van der Waals surface area contributed by atoms with Crippen LogP contribution in [-0.2, 0) is 11.2 Å². The number of carbonyl (C=O) groups is 2. The second kappa shape index (κ2) is 11.8. The molecule has 7 nitrogen and oxygen atoms in total. The largest absolute Gasteiger partial charge is 0.491 e. The lowest BCUT2D eigenvalue weighted by Gasteiger charge is -2.41. The molecule has 1 N–H and O–H groups in total. The van der Waals surface area contributed by atoms with Gasteiger partial charge in [0, 0.05) is 19.2 Å². The van der Waals surface area contributed by atoms with Crippen molar-refractivity contribution >= 4 is 11.8 Å². The number of hydrogen-bond acceptors (Lipinski definition) is 5. The fourth-order valence-electron chi connectivity index (χ4n) is 5.43. The van der Waals surface area contributed by atoms with Crippen LogP contribution < -0.4 is 14.8 Å². The first-order chi connectivity index (χ1) is 17.4. The maximum absolute atomic E-state index is 13.8. The van der Waals surface area contributed by atoms with E-state index in [1.165, 1.54) is 5.56 Å². The van der Waals surface area contributed by atoms with Crippen LogP contribution in [0.1, 0.15) is 68.4 Å². The van der Waals surface area contributed by atoms with E-state index in [1.54, 1.807) is 25.3 Å². The van der Waals surface area contributed by atoms with Crippen molar-refractivity contribution in [3.63, 3.8) is 0 Å². The maximum atomic E-state index is 13.8. The highest BCUT2D eigenvalue weighted by molar-refractivity contribution is 5.93. The number of nitrogens with one attached hydrogen (secondary N) is 1. The number of rotatable bonds is 4. The summed E-state index contributed by atoms with van der Waals surface area (Å²) in [5.41, 5.74) is 1.14. The van der Waals surface area contributed by atoms with Crippen molar-refractivity contribution in [1.82, 2.24) is 15.2 Å². The highest BCUT2D eigenvalue weighted by Gasteiger charge is 2.42. The van der Waals surface area contributed by atoms with Gasteiger partial charge in [0.1, 0.15) is 18.1 Å². The number of nitrogens with zero attached hydrogens (tertiary/aromatic N) is 2. The minimum absolute atomic E-state index is 0.0532. The number of methoxy groups -OCH3 is 1. The molecule has 1 spiro atoms. The van der Waals surface area contributed by atoms with Gasteiger partial charge in [0.15, 0.2) is 0 Å². The fourth-order valence-corrected chi connectivity index (χ4v) is 5.43. The molecule has 1 saturated heterocycles. The molecule has 1 aromatic carbocycles. The van der Waals surface area contributed by atoms with Gasteiger partial charge in [-0.1, -0.05) is 44.5 Å². The molecular weight excluding hydrogens is 454 g/mol. The van der Waals surface area contributed by atoms with E-state index < -0.39 is 5.41 Å². The van der Waals surface area contributed by atoms with Crippen molar-refractivity contribution in [2.24, 2.45) is 11.3 Å². The summed E-state index contributed by atoms with van der Waals surface area (Å²) in [7, 11) is 1.54. The molecule has 0 saturated carbocycles. The Morgan fingerprint density at radius 3 is 2.67 bits per heavy atom. The van der Waals surface area contributed by atoms with Crippen molar-refractivity contribution in [2.75, 3.05) is 26.8 Å². The van der Waals surface area contributed by atoms with E-state index in [0.717, 1.165) is 37.9 Å². The Balaban J connectivity index is 1.49. The Labute approximate surface area is 214 Å². The lowest BCUT2D eigenvalue weighted by Crippen LogP contribution is -2.53. The molecule has 7 heteroatoms. The quantitative estimate of drug-likeness (QED) is 0.671. The Kier molecular flexibility index (Phi) is 8.49. The third-order valence-corrected chi connectivity index (χ3v) is 7.50. The monoisotopic (exact) mass is 493 g/mol. The number of carbonyl (C=O) groups excluding carboxylic acids is 2. The van der Waals surface area contributed by atoms with Gasteiger partial charge in [-0.3, -0.25) is 9.59 Å². The van der Waals surface area contributed by atoms with Gasteiger partial charge >= 0.3 is 0 Å². The summed E-state index contributed by atoms with van der Waals surface area (Å²) in [6, 6.07) is 13.4. The summed E-state index contributed by atoms with van der Waals surface area (Å²) in [6.07, 6.45) is 5.89. The first-order valence-corrected chi connectivity index (χ1v) is 13.2. The standard InChI is InChI=1S/C29H39N3O4/c1-21(2)19-23-20-36-25-12-5-4-9-22(25)10-6-7-14-29(28(34)30-23)15-17-32(18-16-29)27(33)24-11-8-13-26(31-24)35-3/h4-5,8-9,11-13,21,23H,6-7,10,14-20H2,1-3H3,(H,30,34)/t23-/m0/s1. The third kappa shape index (κ3) is 6.18. The minimum Gasteiger partial charge on any atom is -0.491 e. The highest BCUT2D eigenvalue weighted by Crippen LogP contribution is 2.38. The summed E-state index contributed by atoms with van der Waals surface area (Å²) < 4.78 is 11.4. The van der Waals surface area contributed by atoms with Gasteiger partial charge in [0.2, 0.25) is 11.8 Å². The molecule has 0 radical (unpaired) electrons. The molecule has 1 atom stereocenters. The van der Waals surface area contributed by atoms with E-state index >= 15 is 0 Å². The van der Waals surface area contributed by atoms with E-state index in [-0.39, 0.29) is 17.9 Å². The molecule has 2 aliphatic rings. The van der Waals surface area contributed by atoms with Gasteiger partial charge in [-0.25, -0.2) is 4.98 Å². The fraction of sp³-hybridized carbons (Fsp3) is 0.552. The Hall–Kier alpha value is -3.09.